The van der Waals surface area contributed by atoms with Crippen LogP contribution in [-0.4, -0.2) is 60.9 Å². The Morgan fingerprint density at radius 2 is 2.08 bits per heavy atom. The summed E-state index contributed by atoms with van der Waals surface area (Å²) in [6, 6.07) is 0.220. The minimum Gasteiger partial charge on any atom is -0.381 e. The second-order valence-electron chi connectivity index (χ2n) is 6.65. The molecule has 1 amide bonds. The average Bonchev–Trinajstić information content (AvgIpc) is 3.14. The van der Waals surface area contributed by atoms with E-state index in [-0.39, 0.29) is 17.9 Å². The Balaban J connectivity index is 1.44. The fourth-order valence-electron chi connectivity index (χ4n) is 3.33. The van der Waals surface area contributed by atoms with E-state index < -0.39 is 0 Å². The van der Waals surface area contributed by atoms with Crippen LogP contribution in [0.3, 0.4) is 0 Å². The molecule has 2 fully saturated rings. The molecule has 134 valence electrons. The van der Waals surface area contributed by atoms with Crippen molar-refractivity contribution in [3.63, 3.8) is 0 Å². The number of thioether (sulfide) groups is 1. The number of nitrogens with one attached hydrogen (secondary N) is 1. The molecular weight excluding hydrogens is 338 g/mol. The number of amidine groups is 1. The van der Waals surface area contributed by atoms with Crippen molar-refractivity contribution in [3.8, 4) is 0 Å². The lowest BCUT2D eigenvalue weighted by atomic mass is 9.96. The second-order valence-corrected chi connectivity index (χ2v) is 7.94. The molecule has 2 atom stereocenters. The summed E-state index contributed by atoms with van der Waals surface area (Å²) >= 11 is 1.85. The Morgan fingerprint density at radius 1 is 1.24 bits per heavy atom. The minimum atomic E-state index is -0.296. The van der Waals surface area contributed by atoms with Gasteiger partial charge in [-0.05, 0) is 31.4 Å². The normalized spacial score (nSPS) is 31.5. The quantitative estimate of drug-likeness (QED) is 0.828. The number of rotatable bonds is 4. The summed E-state index contributed by atoms with van der Waals surface area (Å²) in [6.45, 7) is 3.12. The van der Waals surface area contributed by atoms with E-state index in [4.69, 9.17) is 19.5 Å². The Hall–Kier alpha value is -1.44. The van der Waals surface area contributed by atoms with Crippen LogP contribution in [0.2, 0.25) is 0 Å². The van der Waals surface area contributed by atoms with Crippen LogP contribution >= 0.6 is 11.8 Å². The monoisotopic (exact) mass is 361 g/mol. The molecule has 4 rings (SSSR count). The van der Waals surface area contributed by atoms with Crippen LogP contribution in [0.1, 0.15) is 19.3 Å². The van der Waals surface area contributed by atoms with Gasteiger partial charge in [0.2, 0.25) is 5.91 Å². The number of ether oxygens (including phenoxy) is 2. The largest absolute Gasteiger partial charge is 0.381 e. The molecule has 4 aliphatic rings. The van der Waals surface area contributed by atoms with Crippen LogP contribution in [0.15, 0.2) is 33.9 Å². The van der Waals surface area contributed by atoms with Gasteiger partial charge in [-0.2, -0.15) is 11.8 Å². The van der Waals surface area contributed by atoms with Crippen molar-refractivity contribution in [3.05, 3.63) is 23.9 Å². The van der Waals surface area contributed by atoms with Crippen LogP contribution in [0.25, 0.3) is 0 Å². The summed E-state index contributed by atoms with van der Waals surface area (Å²) in [5.41, 5.74) is 1.68. The van der Waals surface area contributed by atoms with E-state index in [0.29, 0.717) is 11.9 Å². The summed E-state index contributed by atoms with van der Waals surface area (Å²) in [6.07, 6.45) is 8.86. The number of nitrogens with zero attached hydrogens (tertiary/aromatic N) is 2. The van der Waals surface area contributed by atoms with E-state index in [1.807, 2.05) is 30.0 Å². The van der Waals surface area contributed by atoms with Crippen LogP contribution in [0, 0.1) is 5.92 Å². The second kappa shape index (κ2) is 7.85. The summed E-state index contributed by atoms with van der Waals surface area (Å²) in [5.74, 6) is 1.19. The lowest BCUT2D eigenvalue weighted by Crippen LogP contribution is -2.42. The fraction of sp³-hybridized carbons (Fsp3) is 0.611. The van der Waals surface area contributed by atoms with Gasteiger partial charge in [0.15, 0.2) is 0 Å². The summed E-state index contributed by atoms with van der Waals surface area (Å²) < 4.78 is 10.8. The zero-order chi connectivity index (χ0) is 17.1. The first-order chi connectivity index (χ1) is 12.3. The zero-order valence-corrected chi connectivity index (χ0v) is 15.0. The van der Waals surface area contributed by atoms with Crippen molar-refractivity contribution in [1.29, 1.82) is 0 Å². The average molecular weight is 361 g/mol. The van der Waals surface area contributed by atoms with E-state index in [1.54, 1.807) is 0 Å². The molecule has 3 aliphatic heterocycles. The van der Waals surface area contributed by atoms with E-state index in [9.17, 15) is 4.79 Å². The molecule has 0 aromatic carbocycles. The molecule has 0 spiro atoms. The van der Waals surface area contributed by atoms with E-state index >= 15 is 0 Å². The number of carbonyl (C=O) groups is 1. The van der Waals surface area contributed by atoms with Gasteiger partial charge < -0.3 is 14.8 Å². The predicted octanol–water partition coefficient (Wildman–Crippen LogP) is 1.73. The van der Waals surface area contributed by atoms with Gasteiger partial charge in [-0.25, -0.2) is 4.99 Å². The first-order valence-electron chi connectivity index (χ1n) is 8.91. The van der Waals surface area contributed by atoms with Gasteiger partial charge in [0, 0.05) is 25.1 Å². The lowest BCUT2D eigenvalue weighted by Gasteiger charge is -2.26. The number of carbonyl (C=O) groups excluding carboxylic acids is 1. The molecular formula is C18H23N3O3S. The molecule has 25 heavy (non-hydrogen) atoms. The first kappa shape index (κ1) is 17.0. The maximum atomic E-state index is 12.4. The van der Waals surface area contributed by atoms with Gasteiger partial charge in [0.25, 0.3) is 0 Å². The highest BCUT2D eigenvalue weighted by Gasteiger charge is 2.29. The Bertz CT molecular complexity index is 644. The first-order valence-corrected chi connectivity index (χ1v) is 9.96. The van der Waals surface area contributed by atoms with Crippen LogP contribution in [0.4, 0.5) is 0 Å². The molecule has 1 aliphatic carbocycles. The third-order valence-electron chi connectivity index (χ3n) is 4.75. The number of hydrogen-bond donors (Lipinski definition) is 1. The van der Waals surface area contributed by atoms with Gasteiger partial charge in [-0.3, -0.25) is 9.79 Å². The molecule has 3 heterocycles. The summed E-state index contributed by atoms with van der Waals surface area (Å²) in [7, 11) is 0. The Kier molecular flexibility index (Phi) is 5.33. The smallest absolute Gasteiger partial charge is 0.238 e. The Labute approximate surface area is 151 Å². The highest BCUT2D eigenvalue weighted by molar-refractivity contribution is 8.00. The zero-order valence-electron chi connectivity index (χ0n) is 14.1. The van der Waals surface area contributed by atoms with Crippen LogP contribution in [-0.2, 0) is 14.3 Å². The maximum absolute atomic E-state index is 12.4. The van der Waals surface area contributed by atoms with Gasteiger partial charge in [-0.1, -0.05) is 6.08 Å². The molecule has 2 saturated heterocycles. The molecule has 6 nitrogen and oxygen atoms in total. The molecule has 0 saturated carbocycles. The number of aliphatic imine (C=N–C) groups is 2. The summed E-state index contributed by atoms with van der Waals surface area (Å²) in [5, 5.41) is 3.54. The van der Waals surface area contributed by atoms with E-state index in [0.717, 1.165) is 62.1 Å². The van der Waals surface area contributed by atoms with Gasteiger partial charge in [0.05, 0.1) is 35.7 Å². The standard InChI is InChI=1S/C18H23N3O3S/c22-18-15-2-1-12(19-13-3-6-24-10-13)9-16(15)20-17(21-18)11-25-14-4-7-23-8-5-14/h1-2,9,13-15H,3-8,10-11H2,(H,20,21,22). The van der Waals surface area contributed by atoms with Crippen LogP contribution < -0.4 is 5.32 Å². The van der Waals surface area contributed by atoms with Crippen molar-refractivity contribution in [1.82, 2.24) is 5.32 Å². The minimum absolute atomic E-state index is 0.00308. The maximum Gasteiger partial charge on any atom is 0.238 e. The van der Waals surface area contributed by atoms with Crippen molar-refractivity contribution in [2.75, 3.05) is 32.2 Å². The van der Waals surface area contributed by atoms with Gasteiger partial charge in [0.1, 0.15) is 5.84 Å². The van der Waals surface area contributed by atoms with Gasteiger partial charge >= 0.3 is 0 Å². The topological polar surface area (TPSA) is 72.3 Å². The fourth-order valence-corrected chi connectivity index (χ4v) is 4.39. The summed E-state index contributed by atoms with van der Waals surface area (Å²) in [4.78, 5) is 21.8. The molecule has 0 aromatic heterocycles. The highest BCUT2D eigenvalue weighted by Crippen LogP contribution is 2.26. The van der Waals surface area contributed by atoms with Crippen molar-refractivity contribution in [2.24, 2.45) is 15.9 Å². The molecule has 1 N–H and O–H groups in total. The number of amides is 1. The van der Waals surface area contributed by atoms with E-state index in [2.05, 4.69) is 5.32 Å². The SMILES string of the molecule is O=C1NC(CSC2CCOCC2)=NC2=CC(=NC3CCOC3)C=CC12. The van der Waals surface area contributed by atoms with Crippen molar-refractivity contribution in [2.45, 2.75) is 30.6 Å². The molecule has 0 aromatic rings. The third kappa shape index (κ3) is 4.22. The molecule has 7 heteroatoms. The lowest BCUT2D eigenvalue weighted by molar-refractivity contribution is -0.121. The van der Waals surface area contributed by atoms with Crippen LogP contribution in [0.5, 0.6) is 0 Å². The van der Waals surface area contributed by atoms with E-state index in [1.165, 1.54) is 0 Å². The molecule has 0 radical (unpaired) electrons. The third-order valence-corrected chi connectivity index (χ3v) is 6.13. The van der Waals surface area contributed by atoms with Gasteiger partial charge in [-0.15, -0.1) is 0 Å². The number of fused-ring (bicyclic) bond motifs is 1. The predicted molar refractivity (Wildman–Crippen MR) is 99.2 cm³/mol. The van der Waals surface area contributed by atoms with Crippen molar-refractivity contribution < 1.29 is 14.3 Å². The Morgan fingerprint density at radius 3 is 2.88 bits per heavy atom. The highest BCUT2D eigenvalue weighted by atomic mass is 32.2. The number of hydrogen-bond acceptors (Lipinski definition) is 6. The molecule has 2 unspecified atom stereocenters. The number of allylic oxidation sites excluding steroid dienone is 2. The van der Waals surface area contributed by atoms with Crippen molar-refractivity contribution >= 4 is 29.2 Å². The molecule has 0 bridgehead atoms.